The number of benzene rings is 1. The summed E-state index contributed by atoms with van der Waals surface area (Å²) in [4.78, 5) is 17.1. The molecule has 38 heavy (non-hydrogen) atoms. The van der Waals surface area contributed by atoms with E-state index < -0.39 is 20.5 Å². The van der Waals surface area contributed by atoms with Crippen LogP contribution in [-0.4, -0.2) is 48.9 Å². The highest BCUT2D eigenvalue weighted by atomic mass is 28.4. The highest BCUT2D eigenvalue weighted by Gasteiger charge is 2.39. The average Bonchev–Trinajstić information content (AvgIpc) is 3.39. The Hall–Kier alpha value is -2.69. The summed E-state index contributed by atoms with van der Waals surface area (Å²) < 4.78 is 25.5. The monoisotopic (exact) mass is 542 g/mol. The minimum atomic E-state index is -2.12. The molecule has 4 rings (SSSR count). The van der Waals surface area contributed by atoms with Crippen LogP contribution in [0.2, 0.25) is 18.1 Å². The van der Waals surface area contributed by atoms with Crippen LogP contribution in [0.4, 0.5) is 4.79 Å². The van der Waals surface area contributed by atoms with Crippen LogP contribution in [0.5, 0.6) is 0 Å². The molecule has 3 aromatic rings. The fourth-order valence-corrected chi connectivity index (χ4v) is 6.12. The normalized spacial score (nSPS) is 19.6. The van der Waals surface area contributed by atoms with Crippen molar-refractivity contribution in [3.63, 3.8) is 0 Å². The SMILES string of the molecule is COC1CCC(n2c(C(CO[Si](C)(C)C(C)(C)C)OC(N)=O)nc3cc(-c4c(C)noc4C)ccc32)CC1. The van der Waals surface area contributed by atoms with Gasteiger partial charge in [-0.3, -0.25) is 0 Å². The standard InChI is InChI=1S/C28H42N4O5Si/c1-17-25(18(2)37-31-17)19-9-14-23-22(15-19)30-26(32(23)20-10-12-21(34-6)13-11-20)24(36-27(29)33)16-35-38(7,8)28(3,4)5/h9,14-15,20-21,24H,10-13,16H2,1-8H3,(H2,29,33). The zero-order valence-corrected chi connectivity index (χ0v) is 25.0. The number of ether oxygens (including phenoxy) is 2. The van der Waals surface area contributed by atoms with E-state index in [1.54, 1.807) is 7.11 Å². The molecule has 10 heteroatoms. The highest BCUT2D eigenvalue weighted by Crippen LogP contribution is 2.40. The summed E-state index contributed by atoms with van der Waals surface area (Å²) >= 11 is 0. The van der Waals surface area contributed by atoms with Gasteiger partial charge in [0.2, 0.25) is 0 Å². The third-order valence-corrected chi connectivity index (χ3v) is 12.8. The maximum atomic E-state index is 12.1. The number of rotatable bonds is 8. The lowest BCUT2D eigenvalue weighted by Gasteiger charge is -2.37. The number of aryl methyl sites for hydroxylation is 2. The Bertz CT molecular complexity index is 1260. The van der Waals surface area contributed by atoms with Crippen molar-refractivity contribution in [1.29, 1.82) is 0 Å². The first-order valence-corrected chi connectivity index (χ1v) is 16.3. The minimum absolute atomic E-state index is 0.00615. The molecule has 1 aromatic carbocycles. The maximum absolute atomic E-state index is 12.1. The molecule has 2 aromatic heterocycles. The van der Waals surface area contributed by atoms with E-state index in [1.165, 1.54) is 0 Å². The van der Waals surface area contributed by atoms with Crippen LogP contribution in [0, 0.1) is 13.8 Å². The zero-order chi connectivity index (χ0) is 27.8. The van der Waals surface area contributed by atoms with Crippen molar-refractivity contribution in [3.8, 4) is 11.1 Å². The lowest BCUT2D eigenvalue weighted by molar-refractivity contribution is 0.0481. The van der Waals surface area contributed by atoms with Gasteiger partial charge < -0.3 is 28.7 Å². The fourth-order valence-electron chi connectivity index (χ4n) is 5.12. The van der Waals surface area contributed by atoms with Crippen molar-refractivity contribution < 1.29 is 23.2 Å². The van der Waals surface area contributed by atoms with Gasteiger partial charge in [0.15, 0.2) is 20.2 Å². The first-order valence-electron chi connectivity index (χ1n) is 13.4. The number of amides is 1. The van der Waals surface area contributed by atoms with Gasteiger partial charge >= 0.3 is 6.09 Å². The van der Waals surface area contributed by atoms with E-state index in [1.807, 2.05) is 13.8 Å². The summed E-state index contributed by atoms with van der Waals surface area (Å²) in [7, 11) is -0.351. The van der Waals surface area contributed by atoms with Crippen LogP contribution >= 0.6 is 0 Å². The lowest BCUT2D eigenvalue weighted by Crippen LogP contribution is -2.42. The largest absolute Gasteiger partial charge is 0.436 e. The van der Waals surface area contributed by atoms with Gasteiger partial charge in [-0.2, -0.15) is 0 Å². The number of carbonyl (C=O) groups excluding carboxylic acids is 1. The molecule has 0 bridgehead atoms. The van der Waals surface area contributed by atoms with Crippen molar-refractivity contribution in [1.82, 2.24) is 14.7 Å². The van der Waals surface area contributed by atoms with E-state index in [9.17, 15) is 4.79 Å². The molecule has 0 radical (unpaired) electrons. The molecule has 1 aliphatic carbocycles. The van der Waals surface area contributed by atoms with E-state index in [0.29, 0.717) is 5.82 Å². The number of carbonyl (C=O) groups is 1. The summed E-state index contributed by atoms with van der Waals surface area (Å²) in [6.45, 7) is 15.0. The number of aromatic nitrogens is 3. The molecule has 1 aliphatic rings. The first kappa shape index (κ1) is 28.3. The van der Waals surface area contributed by atoms with Crippen LogP contribution in [0.3, 0.4) is 0 Å². The highest BCUT2D eigenvalue weighted by molar-refractivity contribution is 6.74. The maximum Gasteiger partial charge on any atom is 0.405 e. The van der Waals surface area contributed by atoms with Crippen LogP contribution in [0.15, 0.2) is 22.7 Å². The van der Waals surface area contributed by atoms with Crippen LogP contribution in [0.25, 0.3) is 22.2 Å². The quantitative estimate of drug-likeness (QED) is 0.319. The second-order valence-electron chi connectivity index (χ2n) is 11.9. The predicted molar refractivity (Wildman–Crippen MR) is 150 cm³/mol. The number of nitrogens with zero attached hydrogens (tertiary/aromatic N) is 3. The van der Waals surface area contributed by atoms with E-state index >= 15 is 0 Å². The Morgan fingerprint density at radius 3 is 2.45 bits per heavy atom. The molecular formula is C28H42N4O5Si. The summed E-state index contributed by atoms with van der Waals surface area (Å²) in [6.07, 6.45) is 2.49. The van der Waals surface area contributed by atoms with Crippen LogP contribution in [0.1, 0.15) is 75.9 Å². The Balaban J connectivity index is 1.80. The van der Waals surface area contributed by atoms with Gasteiger partial charge in [-0.1, -0.05) is 32.0 Å². The Kier molecular flexibility index (Phi) is 8.06. The van der Waals surface area contributed by atoms with E-state index in [4.69, 9.17) is 29.1 Å². The van der Waals surface area contributed by atoms with Crippen LogP contribution in [-0.2, 0) is 13.9 Å². The number of nitrogens with two attached hydrogens (primary N) is 1. The number of primary amides is 1. The molecule has 0 aliphatic heterocycles. The van der Waals surface area contributed by atoms with Gasteiger partial charge in [-0.15, -0.1) is 0 Å². The molecule has 1 atom stereocenters. The van der Waals surface area contributed by atoms with Gasteiger partial charge in [0.1, 0.15) is 5.76 Å². The third kappa shape index (κ3) is 5.67. The Morgan fingerprint density at radius 2 is 1.89 bits per heavy atom. The van der Waals surface area contributed by atoms with Crippen molar-refractivity contribution in [2.24, 2.45) is 5.73 Å². The Labute approximate surface area is 226 Å². The molecule has 9 nitrogen and oxygen atoms in total. The fraction of sp³-hybridized carbons (Fsp3) is 0.607. The molecule has 0 spiro atoms. The molecule has 1 fully saturated rings. The molecule has 1 unspecified atom stereocenters. The number of hydrogen-bond acceptors (Lipinski definition) is 7. The third-order valence-electron chi connectivity index (χ3n) is 8.33. The summed E-state index contributed by atoms with van der Waals surface area (Å²) in [5.41, 5.74) is 10.1. The summed E-state index contributed by atoms with van der Waals surface area (Å²) in [5, 5.41) is 4.12. The van der Waals surface area contributed by atoms with Gasteiger partial charge in [-0.05, 0) is 75.4 Å². The van der Waals surface area contributed by atoms with E-state index in [0.717, 1.165) is 59.3 Å². The lowest BCUT2D eigenvalue weighted by atomic mass is 9.92. The molecule has 208 valence electrons. The smallest absolute Gasteiger partial charge is 0.405 e. The number of methoxy groups -OCH3 is 1. The number of fused-ring (bicyclic) bond motifs is 1. The predicted octanol–water partition coefficient (Wildman–Crippen LogP) is 6.60. The van der Waals surface area contributed by atoms with Crippen LogP contribution < -0.4 is 5.73 Å². The second-order valence-corrected chi connectivity index (χ2v) is 16.7. The molecular weight excluding hydrogens is 500 g/mol. The second kappa shape index (κ2) is 10.8. The van der Waals surface area contributed by atoms with Crippen molar-refractivity contribution in [2.75, 3.05) is 13.7 Å². The Morgan fingerprint density at radius 1 is 1.21 bits per heavy atom. The van der Waals surface area contributed by atoms with Crippen molar-refractivity contribution in [2.45, 2.75) is 96.7 Å². The molecule has 2 N–H and O–H groups in total. The number of hydrogen-bond donors (Lipinski definition) is 1. The zero-order valence-electron chi connectivity index (χ0n) is 24.0. The minimum Gasteiger partial charge on any atom is -0.436 e. The first-order chi connectivity index (χ1) is 17.8. The van der Waals surface area contributed by atoms with Gasteiger partial charge in [0, 0.05) is 18.7 Å². The van der Waals surface area contributed by atoms with E-state index in [2.05, 4.69) is 61.8 Å². The molecule has 0 saturated heterocycles. The van der Waals surface area contributed by atoms with Crippen molar-refractivity contribution in [3.05, 3.63) is 35.5 Å². The average molecular weight is 543 g/mol. The number of imidazole rings is 1. The van der Waals surface area contributed by atoms with E-state index in [-0.39, 0.29) is 23.8 Å². The molecule has 1 saturated carbocycles. The topological polar surface area (TPSA) is 115 Å². The van der Waals surface area contributed by atoms with Gasteiger partial charge in [0.25, 0.3) is 0 Å². The van der Waals surface area contributed by atoms with Gasteiger partial charge in [0.05, 0.1) is 29.4 Å². The molecule has 2 heterocycles. The summed E-state index contributed by atoms with van der Waals surface area (Å²) in [6, 6.07) is 6.41. The molecule has 1 amide bonds. The van der Waals surface area contributed by atoms with Crippen molar-refractivity contribution >= 4 is 25.4 Å². The summed E-state index contributed by atoms with van der Waals surface area (Å²) in [5.74, 6) is 1.42. The van der Waals surface area contributed by atoms with Gasteiger partial charge in [-0.25, -0.2) is 9.78 Å².